The Morgan fingerprint density at radius 1 is 1.35 bits per heavy atom. The van der Waals surface area contributed by atoms with Crippen molar-refractivity contribution in [2.45, 2.75) is 25.0 Å². The van der Waals surface area contributed by atoms with E-state index in [9.17, 15) is 28.2 Å². The van der Waals surface area contributed by atoms with Crippen LogP contribution in [0.25, 0.3) is 0 Å². The molecule has 0 fully saturated rings. The highest BCUT2D eigenvalue weighted by atomic mass is 19.4. The van der Waals surface area contributed by atoms with Crippen LogP contribution >= 0.6 is 0 Å². The monoisotopic (exact) mass is 294 g/mol. The molecule has 0 aliphatic rings. The minimum Gasteiger partial charge on any atom is -0.469 e. The zero-order valence-electron chi connectivity index (χ0n) is 10.4. The van der Waals surface area contributed by atoms with Crippen LogP contribution in [0.2, 0.25) is 0 Å². The van der Waals surface area contributed by atoms with Gasteiger partial charge >= 0.3 is 12.3 Å². The summed E-state index contributed by atoms with van der Waals surface area (Å²) < 4.78 is 44.2. The maximum absolute atomic E-state index is 12.1. The van der Waals surface area contributed by atoms with E-state index >= 15 is 0 Å². The fraction of sp³-hybridized carbons (Fsp3) is 0.417. The first-order chi connectivity index (χ1) is 9.23. The topological polar surface area (TPSA) is 76.0 Å². The summed E-state index contributed by atoms with van der Waals surface area (Å²) >= 11 is 0. The Hall–Kier alpha value is -1.80. The zero-order chi connectivity index (χ0) is 15.3. The second-order valence-corrected chi connectivity index (χ2v) is 3.91. The van der Waals surface area contributed by atoms with Crippen LogP contribution in [0.3, 0.4) is 0 Å². The third kappa shape index (κ3) is 5.06. The van der Waals surface area contributed by atoms with E-state index in [4.69, 9.17) is 0 Å². The summed E-state index contributed by atoms with van der Waals surface area (Å²) in [6.45, 7) is 0. The molecule has 0 bridgehead atoms. The second-order valence-electron chi connectivity index (χ2n) is 3.91. The van der Waals surface area contributed by atoms with Crippen molar-refractivity contribution in [1.82, 2.24) is 0 Å². The molecule has 0 radical (unpaired) electrons. The SMILES string of the molecule is COC(=O)CC(O)C(O)c1cccc(OC(F)(F)F)c1. The average Bonchev–Trinajstić information content (AvgIpc) is 2.35. The molecule has 2 atom stereocenters. The third-order valence-electron chi connectivity index (χ3n) is 2.40. The number of hydrogen-bond donors (Lipinski definition) is 2. The van der Waals surface area contributed by atoms with Crippen molar-refractivity contribution < 1.29 is 37.7 Å². The third-order valence-corrected chi connectivity index (χ3v) is 2.40. The van der Waals surface area contributed by atoms with Crippen molar-refractivity contribution in [3.63, 3.8) is 0 Å². The Morgan fingerprint density at radius 2 is 2.00 bits per heavy atom. The molecule has 1 aromatic rings. The molecular weight excluding hydrogens is 281 g/mol. The molecule has 1 rings (SSSR count). The van der Waals surface area contributed by atoms with E-state index in [1.807, 2.05) is 0 Å². The first-order valence-electron chi connectivity index (χ1n) is 5.51. The average molecular weight is 294 g/mol. The molecule has 0 saturated carbocycles. The summed E-state index contributed by atoms with van der Waals surface area (Å²) in [5.41, 5.74) is -0.0110. The van der Waals surface area contributed by atoms with Gasteiger partial charge < -0.3 is 19.7 Å². The van der Waals surface area contributed by atoms with E-state index in [2.05, 4.69) is 9.47 Å². The number of carbonyl (C=O) groups is 1. The molecule has 0 amide bonds. The number of aliphatic hydroxyl groups excluding tert-OH is 2. The van der Waals surface area contributed by atoms with E-state index in [0.717, 1.165) is 19.2 Å². The summed E-state index contributed by atoms with van der Waals surface area (Å²) in [6.07, 6.45) is -8.37. The van der Waals surface area contributed by atoms with Crippen LogP contribution in [0, 0.1) is 0 Å². The molecule has 1 aromatic carbocycles. The van der Waals surface area contributed by atoms with Gasteiger partial charge in [0.25, 0.3) is 0 Å². The molecular formula is C12H13F3O5. The highest BCUT2D eigenvalue weighted by Gasteiger charge is 2.31. The molecule has 5 nitrogen and oxygen atoms in total. The maximum Gasteiger partial charge on any atom is 0.573 e. The van der Waals surface area contributed by atoms with E-state index in [1.54, 1.807) is 0 Å². The van der Waals surface area contributed by atoms with E-state index < -0.39 is 36.7 Å². The molecule has 0 heterocycles. The molecule has 0 aliphatic carbocycles. The van der Waals surface area contributed by atoms with Gasteiger partial charge in [0.2, 0.25) is 0 Å². The summed E-state index contributed by atoms with van der Waals surface area (Å²) in [7, 11) is 1.11. The van der Waals surface area contributed by atoms with Gasteiger partial charge in [0.05, 0.1) is 19.6 Å². The van der Waals surface area contributed by atoms with Crippen LogP contribution in [0.5, 0.6) is 5.75 Å². The molecule has 0 aliphatic heterocycles. The van der Waals surface area contributed by atoms with Gasteiger partial charge in [-0.05, 0) is 17.7 Å². The maximum atomic E-state index is 12.1. The molecule has 8 heteroatoms. The number of carbonyl (C=O) groups excluding carboxylic acids is 1. The number of alkyl halides is 3. The Morgan fingerprint density at radius 3 is 2.55 bits per heavy atom. The standard InChI is InChI=1S/C12H13F3O5/c1-19-10(17)6-9(16)11(18)7-3-2-4-8(5-7)20-12(13,14)15/h2-5,9,11,16,18H,6H2,1H3. The van der Waals surface area contributed by atoms with Gasteiger partial charge in [-0.1, -0.05) is 12.1 Å². The first-order valence-corrected chi connectivity index (χ1v) is 5.51. The van der Waals surface area contributed by atoms with Crippen LogP contribution in [0.15, 0.2) is 24.3 Å². The van der Waals surface area contributed by atoms with Crippen molar-refractivity contribution in [3.05, 3.63) is 29.8 Å². The fourth-order valence-electron chi connectivity index (χ4n) is 1.48. The van der Waals surface area contributed by atoms with E-state index in [-0.39, 0.29) is 5.56 Å². The number of esters is 1. The minimum atomic E-state index is -4.85. The van der Waals surface area contributed by atoms with Crippen LogP contribution < -0.4 is 4.74 Å². The molecule has 112 valence electrons. The van der Waals surface area contributed by atoms with Crippen molar-refractivity contribution >= 4 is 5.97 Å². The zero-order valence-corrected chi connectivity index (χ0v) is 10.4. The van der Waals surface area contributed by atoms with Crippen LogP contribution in [-0.4, -0.2) is 35.8 Å². The molecule has 20 heavy (non-hydrogen) atoms. The first kappa shape index (κ1) is 16.3. The predicted octanol–water partition coefficient (Wildman–Crippen LogP) is 1.54. The summed E-state index contributed by atoms with van der Waals surface area (Å²) in [6, 6.07) is 4.51. The van der Waals surface area contributed by atoms with Gasteiger partial charge in [0.15, 0.2) is 0 Å². The van der Waals surface area contributed by atoms with Crippen molar-refractivity contribution in [2.75, 3.05) is 7.11 Å². The van der Waals surface area contributed by atoms with Crippen molar-refractivity contribution in [1.29, 1.82) is 0 Å². The van der Waals surface area contributed by atoms with E-state index in [0.29, 0.717) is 0 Å². The Labute approximate surface area is 112 Å². The highest BCUT2D eigenvalue weighted by molar-refractivity contribution is 5.69. The lowest BCUT2D eigenvalue weighted by Gasteiger charge is -2.18. The number of hydrogen-bond acceptors (Lipinski definition) is 5. The van der Waals surface area contributed by atoms with Crippen LogP contribution in [-0.2, 0) is 9.53 Å². The molecule has 0 saturated heterocycles. The normalized spacial score (nSPS) is 14.5. The Bertz CT molecular complexity index is 461. The van der Waals surface area contributed by atoms with Gasteiger partial charge in [-0.15, -0.1) is 13.2 Å². The minimum absolute atomic E-state index is 0.0110. The van der Waals surface area contributed by atoms with Gasteiger partial charge in [-0.25, -0.2) is 0 Å². The lowest BCUT2D eigenvalue weighted by molar-refractivity contribution is -0.274. The molecule has 2 unspecified atom stereocenters. The van der Waals surface area contributed by atoms with Gasteiger partial charge in [-0.2, -0.15) is 0 Å². The molecule has 0 spiro atoms. The Kier molecular flexibility index (Phi) is 5.34. The fourth-order valence-corrected chi connectivity index (χ4v) is 1.48. The van der Waals surface area contributed by atoms with Crippen molar-refractivity contribution in [3.8, 4) is 5.75 Å². The number of methoxy groups -OCH3 is 1. The lowest BCUT2D eigenvalue weighted by atomic mass is 10.0. The number of aliphatic hydroxyl groups is 2. The second kappa shape index (κ2) is 6.58. The van der Waals surface area contributed by atoms with E-state index in [1.165, 1.54) is 12.1 Å². The Balaban J connectivity index is 2.80. The van der Waals surface area contributed by atoms with Crippen LogP contribution in [0.1, 0.15) is 18.1 Å². The summed E-state index contributed by atoms with van der Waals surface area (Å²) in [5, 5.41) is 19.3. The van der Waals surface area contributed by atoms with Crippen LogP contribution in [0.4, 0.5) is 13.2 Å². The van der Waals surface area contributed by atoms with Gasteiger partial charge in [0, 0.05) is 0 Å². The predicted molar refractivity (Wildman–Crippen MR) is 60.7 cm³/mol. The number of ether oxygens (including phenoxy) is 2. The van der Waals surface area contributed by atoms with Gasteiger partial charge in [0.1, 0.15) is 11.9 Å². The molecule has 2 N–H and O–H groups in total. The quantitative estimate of drug-likeness (QED) is 0.806. The highest BCUT2D eigenvalue weighted by Crippen LogP contribution is 2.27. The number of rotatable bonds is 5. The summed E-state index contributed by atoms with van der Waals surface area (Å²) in [4.78, 5) is 10.9. The number of halogens is 3. The number of benzene rings is 1. The van der Waals surface area contributed by atoms with Crippen molar-refractivity contribution in [2.24, 2.45) is 0 Å². The largest absolute Gasteiger partial charge is 0.573 e. The summed E-state index contributed by atoms with van der Waals surface area (Å²) in [5.74, 6) is -1.28. The smallest absolute Gasteiger partial charge is 0.469 e. The van der Waals surface area contributed by atoms with Gasteiger partial charge in [-0.3, -0.25) is 4.79 Å². The lowest BCUT2D eigenvalue weighted by Crippen LogP contribution is -2.23. The molecule has 0 aromatic heterocycles.